The van der Waals surface area contributed by atoms with Crippen LogP contribution in [0.1, 0.15) is 84.7 Å². The van der Waals surface area contributed by atoms with Crippen LogP contribution in [0.25, 0.3) is 0 Å². The van der Waals surface area contributed by atoms with Crippen molar-refractivity contribution in [2.24, 2.45) is 17.3 Å². The van der Waals surface area contributed by atoms with E-state index in [4.69, 9.17) is 42.6 Å². The van der Waals surface area contributed by atoms with E-state index in [2.05, 4.69) is 4.98 Å². The number of esters is 8. The molecule has 1 spiro atoms. The average Bonchev–Trinajstić information content (AvgIpc) is 3.32. The summed E-state index contributed by atoms with van der Waals surface area (Å²) in [6, 6.07) is 1.56. The molecule has 4 aliphatic rings. The first-order chi connectivity index (χ1) is 26.5. The van der Waals surface area contributed by atoms with E-state index in [9.17, 15) is 43.5 Å². The van der Waals surface area contributed by atoms with Crippen molar-refractivity contribution < 1.29 is 86.1 Å². The standard InChI is InChI=1S/C38H47NO18/c1-17-10-11-24-12-13-39-14-25(24)34(47)50-15-35(8)26-27(51-19(3)41)31(54-22(6)44)37(16-49-18(2)40)32(55-23(7)45)28(52-20(4)42)30(56-33(17)46)36(9,48)38(37,57-35)29(26)53-21(5)43/h12-14,17,26-32,48H,10-11,15-16H2,1-9H3/t17-,26-,27+,28+,29-,30+,31-,32+,35+,36+,37-,38+/m1/s1. The largest absolute Gasteiger partial charge is 0.465 e. The Labute approximate surface area is 327 Å². The molecule has 1 aromatic heterocycles. The monoisotopic (exact) mass is 805 g/mol. The Hall–Kier alpha value is -5.17. The van der Waals surface area contributed by atoms with Gasteiger partial charge in [-0.05, 0) is 38.3 Å². The highest BCUT2D eigenvalue weighted by Crippen LogP contribution is 2.70. The van der Waals surface area contributed by atoms with Crippen molar-refractivity contribution in [2.45, 2.75) is 129 Å². The number of pyridine rings is 1. The first-order valence-corrected chi connectivity index (χ1v) is 18.3. The average molecular weight is 806 g/mol. The minimum Gasteiger partial charge on any atom is -0.465 e. The first kappa shape index (κ1) is 43.0. The van der Waals surface area contributed by atoms with Crippen LogP contribution >= 0.6 is 0 Å². The Bertz CT molecular complexity index is 1840. The fourth-order valence-electron chi connectivity index (χ4n) is 9.18. The van der Waals surface area contributed by atoms with Crippen LogP contribution in [0.5, 0.6) is 0 Å². The van der Waals surface area contributed by atoms with E-state index in [1.54, 1.807) is 6.07 Å². The Balaban J connectivity index is 1.99. The zero-order valence-corrected chi connectivity index (χ0v) is 33.0. The summed E-state index contributed by atoms with van der Waals surface area (Å²) in [4.78, 5) is 111. The lowest BCUT2D eigenvalue weighted by Gasteiger charge is -2.67. The molecule has 19 heteroatoms. The quantitative estimate of drug-likeness (QED) is 0.296. The van der Waals surface area contributed by atoms with Crippen molar-refractivity contribution in [3.63, 3.8) is 0 Å². The summed E-state index contributed by atoms with van der Waals surface area (Å²) < 4.78 is 54.2. The molecule has 0 amide bonds. The number of hydrogen-bond donors (Lipinski definition) is 1. The summed E-state index contributed by atoms with van der Waals surface area (Å²) in [7, 11) is 0. The molecule has 3 fully saturated rings. The molecule has 1 aromatic rings. The van der Waals surface area contributed by atoms with Gasteiger partial charge in [0, 0.05) is 53.9 Å². The highest BCUT2D eigenvalue weighted by molar-refractivity contribution is 5.90. The predicted octanol–water partition coefficient (Wildman–Crippen LogP) is 0.863. The maximum Gasteiger partial charge on any atom is 0.340 e. The van der Waals surface area contributed by atoms with E-state index < -0.39 is 132 Å². The molecule has 0 unspecified atom stereocenters. The number of aliphatic hydroxyl groups is 1. The predicted molar refractivity (Wildman–Crippen MR) is 185 cm³/mol. The van der Waals surface area contributed by atoms with E-state index in [1.165, 1.54) is 26.2 Å². The molecular weight excluding hydrogens is 758 g/mol. The summed E-state index contributed by atoms with van der Waals surface area (Å²) in [5, 5.41) is 13.4. The molecule has 0 radical (unpaired) electrons. The van der Waals surface area contributed by atoms with Gasteiger partial charge < -0.3 is 47.7 Å². The molecule has 57 heavy (non-hydrogen) atoms. The number of ether oxygens (including phenoxy) is 9. The molecule has 1 N–H and O–H groups in total. The smallest absolute Gasteiger partial charge is 0.340 e. The Morgan fingerprint density at radius 2 is 1.35 bits per heavy atom. The molecule has 2 aliphatic carbocycles. The first-order valence-electron chi connectivity index (χ1n) is 18.3. The molecule has 5 rings (SSSR count). The van der Waals surface area contributed by atoms with Crippen molar-refractivity contribution in [3.8, 4) is 0 Å². The molecule has 2 saturated carbocycles. The highest BCUT2D eigenvalue weighted by atomic mass is 16.7. The molecule has 12 atom stereocenters. The summed E-state index contributed by atoms with van der Waals surface area (Å²) >= 11 is 0. The van der Waals surface area contributed by atoms with Gasteiger partial charge in [-0.25, -0.2) is 4.79 Å². The van der Waals surface area contributed by atoms with Gasteiger partial charge in [-0.3, -0.25) is 38.5 Å². The van der Waals surface area contributed by atoms with Gasteiger partial charge in [0.15, 0.2) is 30.0 Å². The topological polar surface area (TPSA) is 253 Å². The van der Waals surface area contributed by atoms with Crippen LogP contribution in [0, 0.1) is 17.3 Å². The van der Waals surface area contributed by atoms with Crippen LogP contribution in [0.2, 0.25) is 0 Å². The van der Waals surface area contributed by atoms with Crippen molar-refractivity contribution >= 4 is 47.8 Å². The maximum atomic E-state index is 14.1. The third kappa shape index (κ3) is 7.30. The second-order valence-electron chi connectivity index (χ2n) is 15.3. The van der Waals surface area contributed by atoms with Gasteiger partial charge in [0.25, 0.3) is 0 Å². The van der Waals surface area contributed by atoms with E-state index >= 15 is 0 Å². The molecule has 19 nitrogen and oxygen atoms in total. The molecule has 3 heterocycles. The lowest BCUT2D eigenvalue weighted by atomic mass is 9.45. The second-order valence-corrected chi connectivity index (χ2v) is 15.3. The number of aryl methyl sites for hydroxylation is 1. The number of hydrogen-bond acceptors (Lipinski definition) is 19. The maximum absolute atomic E-state index is 14.1. The van der Waals surface area contributed by atoms with Crippen LogP contribution < -0.4 is 0 Å². The number of fused-ring (bicyclic) bond motifs is 5. The highest BCUT2D eigenvalue weighted by Gasteiger charge is 2.92. The Morgan fingerprint density at radius 3 is 1.91 bits per heavy atom. The third-order valence-corrected chi connectivity index (χ3v) is 11.2. The fraction of sp³-hybridized carbons (Fsp3) is 0.658. The van der Waals surface area contributed by atoms with Crippen LogP contribution in [0.15, 0.2) is 18.5 Å². The van der Waals surface area contributed by atoms with Gasteiger partial charge in [0.05, 0.1) is 17.4 Å². The van der Waals surface area contributed by atoms with Crippen molar-refractivity contribution in [1.82, 2.24) is 4.98 Å². The summed E-state index contributed by atoms with van der Waals surface area (Å²) in [5.41, 5.74) is -9.68. The van der Waals surface area contributed by atoms with Gasteiger partial charge in [-0.2, -0.15) is 0 Å². The van der Waals surface area contributed by atoms with Crippen LogP contribution in [-0.2, 0) is 82.6 Å². The number of nitrogens with zero attached hydrogens (tertiary/aromatic N) is 1. The van der Waals surface area contributed by atoms with Crippen molar-refractivity contribution in [1.29, 1.82) is 0 Å². The van der Waals surface area contributed by atoms with Crippen molar-refractivity contribution in [3.05, 3.63) is 29.6 Å². The van der Waals surface area contributed by atoms with Crippen molar-refractivity contribution in [2.75, 3.05) is 13.2 Å². The van der Waals surface area contributed by atoms with E-state index in [0.29, 0.717) is 5.56 Å². The normalized spacial score (nSPS) is 37.1. The lowest BCUT2D eigenvalue weighted by Crippen LogP contribution is -2.89. The molecule has 312 valence electrons. The van der Waals surface area contributed by atoms with E-state index in [0.717, 1.165) is 48.5 Å². The van der Waals surface area contributed by atoms with E-state index in [1.807, 2.05) is 0 Å². The number of carbonyl (C=O) groups is 8. The fourth-order valence-corrected chi connectivity index (χ4v) is 9.18. The third-order valence-electron chi connectivity index (χ3n) is 11.2. The SMILES string of the molecule is CC(=O)OC[C@]12[C@H](OC(C)=O)[C@@H](OC(C)=O)[C@@H]3[C@@H](OC(C)=O)[C@@]14O[C@@]3(C)COC(=O)c1cnccc1CC[C@@H](C)C(=O)O[C@@H]([C@H](OC(C)=O)[C@@H]2OC(C)=O)[C@]4(C)O. The lowest BCUT2D eigenvalue weighted by molar-refractivity contribution is -0.386. The summed E-state index contributed by atoms with van der Waals surface area (Å²) in [6.45, 7) is 8.17. The zero-order valence-electron chi connectivity index (χ0n) is 33.0. The van der Waals surface area contributed by atoms with Crippen LogP contribution in [0.4, 0.5) is 0 Å². The summed E-state index contributed by atoms with van der Waals surface area (Å²) in [6.07, 6.45) is -8.92. The van der Waals surface area contributed by atoms with Crippen LogP contribution in [0.3, 0.4) is 0 Å². The van der Waals surface area contributed by atoms with Gasteiger partial charge >= 0.3 is 47.8 Å². The zero-order chi connectivity index (χ0) is 42.4. The number of cyclic esters (lactones) is 1. The van der Waals surface area contributed by atoms with Gasteiger partial charge in [0.2, 0.25) is 0 Å². The molecule has 1 saturated heterocycles. The van der Waals surface area contributed by atoms with E-state index in [-0.39, 0.29) is 18.4 Å². The van der Waals surface area contributed by atoms with Gasteiger partial charge in [0.1, 0.15) is 42.0 Å². The number of carbonyl (C=O) groups excluding carboxylic acids is 8. The summed E-state index contributed by atoms with van der Waals surface area (Å²) in [5.74, 6) is -10.5. The molecule has 4 bridgehead atoms. The van der Waals surface area contributed by atoms with Gasteiger partial charge in [-0.15, -0.1) is 0 Å². The Morgan fingerprint density at radius 1 is 0.807 bits per heavy atom. The molecule has 0 aromatic carbocycles. The second kappa shape index (κ2) is 15.6. The molecular formula is C38H47NO18. The van der Waals surface area contributed by atoms with Crippen LogP contribution in [-0.4, -0.2) is 124 Å². The Kier molecular flexibility index (Phi) is 11.8. The van der Waals surface area contributed by atoms with Gasteiger partial charge in [-0.1, -0.05) is 6.92 Å². The minimum atomic E-state index is -2.80. The number of aromatic nitrogens is 1. The minimum absolute atomic E-state index is 0.0290. The molecule has 2 aliphatic heterocycles. The number of rotatable bonds is 7.